The highest BCUT2D eigenvalue weighted by Gasteiger charge is 2.30. The first-order chi connectivity index (χ1) is 5.58. The highest BCUT2D eigenvalue weighted by Crippen LogP contribution is 2.36. The zero-order valence-electron chi connectivity index (χ0n) is 7.85. The lowest BCUT2D eigenvalue weighted by Gasteiger charge is -2.16. The Kier molecular flexibility index (Phi) is 1.44. The van der Waals surface area contributed by atoms with Crippen molar-refractivity contribution in [2.24, 2.45) is 0 Å². The van der Waals surface area contributed by atoms with Gasteiger partial charge >= 0.3 is 0 Å². The van der Waals surface area contributed by atoms with Crippen LogP contribution in [0.2, 0.25) is 0 Å². The third-order valence-corrected chi connectivity index (χ3v) is 2.36. The van der Waals surface area contributed by atoms with Gasteiger partial charge in [0.15, 0.2) is 0 Å². The maximum Gasteiger partial charge on any atom is 0.123 e. The first kappa shape index (κ1) is 7.66. The number of benzene rings is 1. The summed E-state index contributed by atoms with van der Waals surface area (Å²) in [6.07, 6.45) is 1.04. The summed E-state index contributed by atoms with van der Waals surface area (Å²) in [7, 11) is 0. The van der Waals surface area contributed by atoms with Gasteiger partial charge in [0.05, 0.1) is 0 Å². The van der Waals surface area contributed by atoms with Crippen LogP contribution in [0.1, 0.15) is 25.0 Å². The van der Waals surface area contributed by atoms with Gasteiger partial charge < -0.3 is 4.74 Å². The van der Waals surface area contributed by atoms with Gasteiger partial charge in [-0.1, -0.05) is 12.1 Å². The molecular formula is C11H14O. The van der Waals surface area contributed by atoms with E-state index in [1.54, 1.807) is 0 Å². The third kappa shape index (κ3) is 1.09. The molecule has 0 saturated carbocycles. The van der Waals surface area contributed by atoms with Crippen molar-refractivity contribution in [3.8, 4) is 5.75 Å². The number of hydrogen-bond donors (Lipinski definition) is 0. The van der Waals surface area contributed by atoms with Gasteiger partial charge in [0.25, 0.3) is 0 Å². The number of ether oxygens (including phenoxy) is 1. The molecule has 0 aliphatic carbocycles. The number of aryl methyl sites for hydroxylation is 1. The molecule has 0 atom stereocenters. The Morgan fingerprint density at radius 2 is 2.08 bits per heavy atom. The molecule has 0 N–H and O–H groups in total. The van der Waals surface area contributed by atoms with E-state index in [4.69, 9.17) is 4.74 Å². The topological polar surface area (TPSA) is 9.23 Å². The van der Waals surface area contributed by atoms with Crippen LogP contribution in [0, 0.1) is 6.92 Å². The molecule has 1 heteroatoms. The van der Waals surface area contributed by atoms with Gasteiger partial charge in [-0.25, -0.2) is 0 Å². The second-order valence-electron chi connectivity index (χ2n) is 4.09. The van der Waals surface area contributed by atoms with E-state index in [-0.39, 0.29) is 5.60 Å². The van der Waals surface area contributed by atoms with Gasteiger partial charge in [0, 0.05) is 12.0 Å². The molecule has 0 bridgehead atoms. The Morgan fingerprint density at radius 1 is 1.33 bits per heavy atom. The van der Waals surface area contributed by atoms with Gasteiger partial charge in [-0.3, -0.25) is 0 Å². The van der Waals surface area contributed by atoms with Crippen molar-refractivity contribution in [1.29, 1.82) is 0 Å². The van der Waals surface area contributed by atoms with E-state index in [2.05, 4.69) is 39.0 Å². The van der Waals surface area contributed by atoms with Crippen LogP contribution in [-0.2, 0) is 6.42 Å². The molecule has 0 saturated heterocycles. The van der Waals surface area contributed by atoms with Gasteiger partial charge in [0.1, 0.15) is 11.4 Å². The van der Waals surface area contributed by atoms with Crippen LogP contribution in [0.15, 0.2) is 18.2 Å². The second-order valence-corrected chi connectivity index (χ2v) is 4.09. The van der Waals surface area contributed by atoms with E-state index in [0.29, 0.717) is 0 Å². The van der Waals surface area contributed by atoms with Gasteiger partial charge in [-0.15, -0.1) is 0 Å². The Labute approximate surface area is 73.4 Å². The molecule has 64 valence electrons. The summed E-state index contributed by atoms with van der Waals surface area (Å²) in [5, 5.41) is 0. The lowest BCUT2D eigenvalue weighted by Crippen LogP contribution is -2.24. The normalized spacial score (nSPS) is 18.6. The summed E-state index contributed by atoms with van der Waals surface area (Å²) in [5.74, 6) is 1.07. The summed E-state index contributed by atoms with van der Waals surface area (Å²) in [5.41, 5.74) is 2.72. The van der Waals surface area contributed by atoms with E-state index in [1.807, 2.05) is 0 Å². The first-order valence-corrected chi connectivity index (χ1v) is 4.36. The van der Waals surface area contributed by atoms with Crippen LogP contribution in [0.25, 0.3) is 0 Å². The first-order valence-electron chi connectivity index (χ1n) is 4.36. The summed E-state index contributed by atoms with van der Waals surface area (Å²) in [6.45, 7) is 6.41. The number of fused-ring (bicyclic) bond motifs is 1. The molecule has 1 aromatic rings. The van der Waals surface area contributed by atoms with E-state index in [0.717, 1.165) is 12.2 Å². The van der Waals surface area contributed by atoms with Gasteiger partial charge in [-0.05, 0) is 32.4 Å². The van der Waals surface area contributed by atoms with Crippen LogP contribution in [0.3, 0.4) is 0 Å². The standard InChI is InChI=1S/C11H14O/c1-8-5-4-6-10-9(8)7-11(2,3)12-10/h4-6H,7H2,1-3H3. The van der Waals surface area contributed by atoms with E-state index < -0.39 is 0 Å². The largest absolute Gasteiger partial charge is 0.487 e. The van der Waals surface area contributed by atoms with Gasteiger partial charge in [0.2, 0.25) is 0 Å². The highest BCUT2D eigenvalue weighted by atomic mass is 16.5. The van der Waals surface area contributed by atoms with E-state index in [9.17, 15) is 0 Å². The van der Waals surface area contributed by atoms with E-state index >= 15 is 0 Å². The summed E-state index contributed by atoms with van der Waals surface area (Å²) >= 11 is 0. The second kappa shape index (κ2) is 2.25. The van der Waals surface area contributed by atoms with Crippen LogP contribution >= 0.6 is 0 Å². The lowest BCUT2D eigenvalue weighted by molar-refractivity contribution is 0.138. The maximum atomic E-state index is 5.78. The quantitative estimate of drug-likeness (QED) is 0.570. The molecular weight excluding hydrogens is 148 g/mol. The molecule has 0 amide bonds. The minimum Gasteiger partial charge on any atom is -0.487 e. The summed E-state index contributed by atoms with van der Waals surface area (Å²) in [4.78, 5) is 0. The highest BCUT2D eigenvalue weighted by molar-refractivity contribution is 5.43. The van der Waals surface area contributed by atoms with Crippen molar-refractivity contribution in [2.75, 3.05) is 0 Å². The monoisotopic (exact) mass is 162 g/mol. The van der Waals surface area contributed by atoms with E-state index in [1.165, 1.54) is 11.1 Å². The fraction of sp³-hybridized carbons (Fsp3) is 0.455. The Bertz CT molecular complexity index is 313. The average molecular weight is 162 g/mol. The molecule has 1 aliphatic heterocycles. The molecule has 0 spiro atoms. The zero-order valence-corrected chi connectivity index (χ0v) is 7.85. The minimum absolute atomic E-state index is 0.00551. The molecule has 1 nitrogen and oxygen atoms in total. The number of hydrogen-bond acceptors (Lipinski definition) is 1. The molecule has 1 heterocycles. The summed E-state index contributed by atoms with van der Waals surface area (Å²) in [6, 6.07) is 6.25. The van der Waals surface area contributed by atoms with Crippen LogP contribution in [0.4, 0.5) is 0 Å². The van der Waals surface area contributed by atoms with Crippen LogP contribution in [0.5, 0.6) is 5.75 Å². The third-order valence-electron chi connectivity index (χ3n) is 2.36. The van der Waals surface area contributed by atoms with Crippen molar-refractivity contribution >= 4 is 0 Å². The average Bonchev–Trinajstić information content (AvgIpc) is 2.25. The molecule has 0 fully saturated rings. The lowest BCUT2D eigenvalue weighted by atomic mass is 9.98. The maximum absolute atomic E-state index is 5.78. The van der Waals surface area contributed by atoms with Crippen molar-refractivity contribution in [1.82, 2.24) is 0 Å². The fourth-order valence-electron chi connectivity index (χ4n) is 1.76. The SMILES string of the molecule is Cc1cccc2c1CC(C)(C)O2. The van der Waals surface area contributed by atoms with Crippen LogP contribution in [-0.4, -0.2) is 5.60 Å². The number of rotatable bonds is 0. The minimum atomic E-state index is -0.00551. The Balaban J connectivity index is 2.48. The molecule has 12 heavy (non-hydrogen) atoms. The molecule has 2 rings (SSSR count). The van der Waals surface area contributed by atoms with Gasteiger partial charge in [-0.2, -0.15) is 0 Å². The Morgan fingerprint density at radius 3 is 2.75 bits per heavy atom. The molecule has 0 unspecified atom stereocenters. The van der Waals surface area contributed by atoms with Crippen LogP contribution < -0.4 is 4.74 Å². The zero-order chi connectivity index (χ0) is 8.77. The Hall–Kier alpha value is -0.980. The predicted molar refractivity (Wildman–Crippen MR) is 49.6 cm³/mol. The molecule has 0 radical (unpaired) electrons. The molecule has 1 aromatic carbocycles. The predicted octanol–water partition coefficient (Wildman–Crippen LogP) is 2.71. The fourth-order valence-corrected chi connectivity index (χ4v) is 1.76. The molecule has 1 aliphatic rings. The van der Waals surface area contributed by atoms with Crippen molar-refractivity contribution in [2.45, 2.75) is 32.8 Å². The summed E-state index contributed by atoms with van der Waals surface area (Å²) < 4.78 is 5.78. The van der Waals surface area contributed by atoms with Crippen molar-refractivity contribution < 1.29 is 4.74 Å². The molecule has 0 aromatic heterocycles. The van der Waals surface area contributed by atoms with Crippen molar-refractivity contribution in [3.05, 3.63) is 29.3 Å². The smallest absolute Gasteiger partial charge is 0.123 e. The van der Waals surface area contributed by atoms with Crippen molar-refractivity contribution in [3.63, 3.8) is 0 Å².